The summed E-state index contributed by atoms with van der Waals surface area (Å²) in [6.45, 7) is 1.31. The van der Waals surface area contributed by atoms with Crippen molar-refractivity contribution in [3.05, 3.63) is 53.3 Å². The standard InChI is InChI=1S/C19H23N3O2/c23-13-19(15-5-2-1-3-6-15)9-4-10-22(12-19)18(24)17-11-16(20-21-17)14-7-8-14/h1-3,5-6,11,14,23H,4,7-10,12-13H2,(H,20,21). The van der Waals surface area contributed by atoms with E-state index in [0.717, 1.165) is 30.6 Å². The number of likely N-dealkylation sites (tertiary alicyclic amines) is 1. The second-order valence-corrected chi connectivity index (χ2v) is 7.12. The van der Waals surface area contributed by atoms with Gasteiger partial charge in [0.05, 0.1) is 6.61 Å². The fraction of sp³-hybridized carbons (Fsp3) is 0.474. The molecule has 1 aromatic heterocycles. The first kappa shape index (κ1) is 15.4. The fourth-order valence-electron chi connectivity index (χ4n) is 3.76. The zero-order valence-corrected chi connectivity index (χ0v) is 13.7. The predicted molar refractivity (Wildman–Crippen MR) is 90.9 cm³/mol. The van der Waals surface area contributed by atoms with Crippen LogP contribution in [0.2, 0.25) is 0 Å². The van der Waals surface area contributed by atoms with Gasteiger partial charge in [0.2, 0.25) is 0 Å². The third kappa shape index (κ3) is 2.73. The van der Waals surface area contributed by atoms with Gasteiger partial charge in [0, 0.05) is 30.1 Å². The molecule has 2 aliphatic rings. The number of benzene rings is 1. The summed E-state index contributed by atoms with van der Waals surface area (Å²) in [6, 6.07) is 11.9. The number of hydrogen-bond acceptors (Lipinski definition) is 3. The molecule has 1 saturated carbocycles. The average molecular weight is 325 g/mol. The number of amides is 1. The quantitative estimate of drug-likeness (QED) is 0.907. The van der Waals surface area contributed by atoms with Crippen LogP contribution in [-0.2, 0) is 5.41 Å². The maximum Gasteiger partial charge on any atom is 0.274 e. The SMILES string of the molecule is O=C(c1cc(C2CC2)[nH]n1)N1CCCC(CO)(c2ccccc2)C1. The smallest absolute Gasteiger partial charge is 0.274 e. The van der Waals surface area contributed by atoms with Crippen LogP contribution >= 0.6 is 0 Å². The summed E-state index contributed by atoms with van der Waals surface area (Å²) in [5, 5.41) is 17.3. The van der Waals surface area contributed by atoms with E-state index in [4.69, 9.17) is 0 Å². The molecule has 0 radical (unpaired) electrons. The van der Waals surface area contributed by atoms with Crippen LogP contribution in [0, 0.1) is 0 Å². The van der Waals surface area contributed by atoms with Crippen molar-refractivity contribution in [2.75, 3.05) is 19.7 Å². The van der Waals surface area contributed by atoms with E-state index in [1.807, 2.05) is 41.3 Å². The Kier molecular flexibility index (Phi) is 3.88. The number of carbonyl (C=O) groups is 1. The number of H-pyrrole nitrogens is 1. The number of hydrogen-bond donors (Lipinski definition) is 2. The minimum atomic E-state index is -0.370. The highest BCUT2D eigenvalue weighted by Crippen LogP contribution is 2.39. The Labute approximate surface area is 141 Å². The summed E-state index contributed by atoms with van der Waals surface area (Å²) in [4.78, 5) is 14.7. The molecule has 2 N–H and O–H groups in total. The summed E-state index contributed by atoms with van der Waals surface area (Å²) in [5.74, 6) is 0.521. The fourth-order valence-corrected chi connectivity index (χ4v) is 3.76. The van der Waals surface area contributed by atoms with Gasteiger partial charge in [0.1, 0.15) is 5.69 Å². The molecule has 1 aromatic carbocycles. The van der Waals surface area contributed by atoms with E-state index >= 15 is 0 Å². The Balaban J connectivity index is 1.55. The lowest BCUT2D eigenvalue weighted by atomic mass is 9.74. The predicted octanol–water partition coefficient (Wildman–Crippen LogP) is 2.45. The van der Waals surface area contributed by atoms with E-state index < -0.39 is 0 Å². The lowest BCUT2D eigenvalue weighted by molar-refractivity contribution is 0.0538. The normalized spacial score (nSPS) is 24.1. The first-order chi connectivity index (χ1) is 11.7. The van der Waals surface area contributed by atoms with Crippen molar-refractivity contribution in [1.29, 1.82) is 0 Å². The van der Waals surface area contributed by atoms with Crippen molar-refractivity contribution in [1.82, 2.24) is 15.1 Å². The molecule has 5 heteroatoms. The summed E-state index contributed by atoms with van der Waals surface area (Å²) >= 11 is 0. The molecule has 1 saturated heterocycles. The number of aliphatic hydroxyl groups is 1. The highest BCUT2D eigenvalue weighted by atomic mass is 16.3. The number of aliphatic hydroxyl groups excluding tert-OH is 1. The second kappa shape index (κ2) is 6.06. The molecule has 1 aliphatic carbocycles. The third-order valence-corrected chi connectivity index (χ3v) is 5.39. The van der Waals surface area contributed by atoms with Crippen molar-refractivity contribution in [3.8, 4) is 0 Å². The topological polar surface area (TPSA) is 69.2 Å². The highest BCUT2D eigenvalue weighted by molar-refractivity contribution is 5.92. The highest BCUT2D eigenvalue weighted by Gasteiger charge is 2.39. The van der Waals surface area contributed by atoms with E-state index in [0.29, 0.717) is 18.2 Å². The van der Waals surface area contributed by atoms with Crippen LogP contribution in [0.3, 0.4) is 0 Å². The van der Waals surface area contributed by atoms with Crippen LogP contribution in [-0.4, -0.2) is 45.8 Å². The maximum absolute atomic E-state index is 12.9. The van der Waals surface area contributed by atoms with Gasteiger partial charge in [0.15, 0.2) is 0 Å². The van der Waals surface area contributed by atoms with E-state index in [1.165, 1.54) is 12.8 Å². The van der Waals surface area contributed by atoms with Crippen LogP contribution in [0.15, 0.2) is 36.4 Å². The van der Waals surface area contributed by atoms with E-state index in [9.17, 15) is 9.90 Å². The number of nitrogens with zero attached hydrogens (tertiary/aromatic N) is 2. The van der Waals surface area contributed by atoms with Crippen molar-refractivity contribution in [2.24, 2.45) is 0 Å². The lowest BCUT2D eigenvalue weighted by Gasteiger charge is -2.42. The molecular formula is C19H23N3O2. The van der Waals surface area contributed by atoms with Crippen LogP contribution in [0.4, 0.5) is 0 Å². The molecule has 2 aromatic rings. The molecule has 5 nitrogen and oxygen atoms in total. The van der Waals surface area contributed by atoms with Crippen LogP contribution in [0.25, 0.3) is 0 Å². The number of nitrogens with one attached hydrogen (secondary N) is 1. The number of carbonyl (C=O) groups excluding carboxylic acids is 1. The average Bonchev–Trinajstić information content (AvgIpc) is 3.39. The molecule has 0 spiro atoms. The number of piperidine rings is 1. The third-order valence-electron chi connectivity index (χ3n) is 5.39. The molecule has 1 aliphatic heterocycles. The Morgan fingerprint density at radius 1 is 1.33 bits per heavy atom. The van der Waals surface area contributed by atoms with Gasteiger partial charge >= 0.3 is 0 Å². The summed E-state index contributed by atoms with van der Waals surface area (Å²) in [5.41, 5.74) is 2.31. The van der Waals surface area contributed by atoms with Gasteiger partial charge in [-0.2, -0.15) is 5.10 Å². The lowest BCUT2D eigenvalue weighted by Crippen LogP contribution is -2.50. The Morgan fingerprint density at radius 3 is 2.83 bits per heavy atom. The zero-order chi connectivity index (χ0) is 16.6. The number of rotatable bonds is 4. The Bertz CT molecular complexity index is 723. The Hall–Kier alpha value is -2.14. The van der Waals surface area contributed by atoms with Crippen molar-refractivity contribution >= 4 is 5.91 Å². The van der Waals surface area contributed by atoms with Crippen LogP contribution in [0.5, 0.6) is 0 Å². The largest absolute Gasteiger partial charge is 0.395 e. The molecule has 1 amide bonds. The van der Waals surface area contributed by atoms with Crippen LogP contribution in [0.1, 0.15) is 53.3 Å². The first-order valence-corrected chi connectivity index (χ1v) is 8.73. The molecule has 2 fully saturated rings. The molecule has 24 heavy (non-hydrogen) atoms. The molecule has 4 rings (SSSR count). The summed E-state index contributed by atoms with van der Waals surface area (Å²) in [7, 11) is 0. The number of aromatic nitrogens is 2. The molecule has 1 atom stereocenters. The van der Waals surface area contributed by atoms with Crippen molar-refractivity contribution in [2.45, 2.75) is 37.0 Å². The van der Waals surface area contributed by atoms with Crippen molar-refractivity contribution in [3.63, 3.8) is 0 Å². The molecule has 126 valence electrons. The minimum Gasteiger partial charge on any atom is -0.395 e. The van der Waals surface area contributed by atoms with Gasteiger partial charge in [-0.15, -0.1) is 0 Å². The Morgan fingerprint density at radius 2 is 2.12 bits per heavy atom. The van der Waals surface area contributed by atoms with Gasteiger partial charge in [-0.3, -0.25) is 9.89 Å². The molecule has 2 heterocycles. The molecule has 0 bridgehead atoms. The van der Waals surface area contributed by atoms with E-state index in [-0.39, 0.29) is 17.9 Å². The van der Waals surface area contributed by atoms with Gasteiger partial charge < -0.3 is 10.0 Å². The van der Waals surface area contributed by atoms with Gasteiger partial charge in [0.25, 0.3) is 5.91 Å². The van der Waals surface area contributed by atoms with E-state index in [2.05, 4.69) is 10.2 Å². The van der Waals surface area contributed by atoms with Crippen LogP contribution < -0.4 is 0 Å². The molecular weight excluding hydrogens is 302 g/mol. The first-order valence-electron chi connectivity index (χ1n) is 8.73. The van der Waals surface area contributed by atoms with Gasteiger partial charge in [-0.05, 0) is 37.3 Å². The van der Waals surface area contributed by atoms with Crippen molar-refractivity contribution < 1.29 is 9.90 Å². The van der Waals surface area contributed by atoms with Gasteiger partial charge in [-0.1, -0.05) is 30.3 Å². The monoisotopic (exact) mass is 325 g/mol. The zero-order valence-electron chi connectivity index (χ0n) is 13.7. The molecule has 1 unspecified atom stereocenters. The van der Waals surface area contributed by atoms with E-state index in [1.54, 1.807) is 0 Å². The number of aromatic amines is 1. The summed E-state index contributed by atoms with van der Waals surface area (Å²) in [6.07, 6.45) is 4.15. The summed E-state index contributed by atoms with van der Waals surface area (Å²) < 4.78 is 0. The minimum absolute atomic E-state index is 0.0355. The maximum atomic E-state index is 12.9. The van der Waals surface area contributed by atoms with Gasteiger partial charge in [-0.25, -0.2) is 0 Å². The second-order valence-electron chi connectivity index (χ2n) is 7.12.